The lowest BCUT2D eigenvalue weighted by Crippen LogP contribution is -2.24. The normalized spacial score (nSPS) is 24.0. The molecule has 0 amide bonds. The van der Waals surface area contributed by atoms with Gasteiger partial charge in [-0.25, -0.2) is 0 Å². The molecule has 138 valence electrons. The van der Waals surface area contributed by atoms with Gasteiger partial charge in [-0.15, -0.1) is 0 Å². The van der Waals surface area contributed by atoms with E-state index in [1.807, 2.05) is 24.3 Å². The van der Waals surface area contributed by atoms with Crippen LogP contribution in [0.1, 0.15) is 11.1 Å². The number of benzene rings is 2. The minimum atomic E-state index is -0.797. The van der Waals surface area contributed by atoms with Crippen molar-refractivity contribution in [1.29, 1.82) is 0 Å². The Morgan fingerprint density at radius 3 is 2.65 bits per heavy atom. The molecule has 6 heteroatoms. The van der Waals surface area contributed by atoms with Crippen LogP contribution in [0.25, 0.3) is 0 Å². The maximum atomic E-state index is 10.3. The second-order valence-electron chi connectivity index (χ2n) is 6.75. The van der Waals surface area contributed by atoms with E-state index >= 15 is 0 Å². The molecular formula is C20H22O6. The van der Waals surface area contributed by atoms with Gasteiger partial charge in [-0.2, -0.15) is 0 Å². The highest BCUT2D eigenvalue weighted by Crippen LogP contribution is 2.37. The number of hydrogen-bond donors (Lipinski definition) is 2. The van der Waals surface area contributed by atoms with Crippen molar-refractivity contribution >= 4 is 0 Å². The van der Waals surface area contributed by atoms with E-state index < -0.39 is 6.29 Å². The topological polar surface area (TPSA) is 77.4 Å². The third-order valence-electron chi connectivity index (χ3n) is 5.10. The van der Waals surface area contributed by atoms with E-state index in [-0.39, 0.29) is 24.4 Å². The van der Waals surface area contributed by atoms with Gasteiger partial charge in [0.25, 0.3) is 0 Å². The molecule has 2 aliphatic rings. The van der Waals surface area contributed by atoms with Crippen LogP contribution in [-0.4, -0.2) is 37.0 Å². The maximum absolute atomic E-state index is 10.3. The number of aliphatic hydroxyl groups is 1. The summed E-state index contributed by atoms with van der Waals surface area (Å²) < 4.78 is 21.5. The first kappa shape index (κ1) is 17.0. The molecule has 2 heterocycles. The molecule has 2 aromatic rings. The van der Waals surface area contributed by atoms with Crippen molar-refractivity contribution in [2.75, 3.05) is 20.5 Å². The van der Waals surface area contributed by atoms with Gasteiger partial charge in [0, 0.05) is 5.92 Å². The van der Waals surface area contributed by atoms with E-state index in [9.17, 15) is 10.2 Å². The van der Waals surface area contributed by atoms with Crippen molar-refractivity contribution < 1.29 is 29.2 Å². The van der Waals surface area contributed by atoms with Gasteiger partial charge in [-0.05, 0) is 54.2 Å². The Kier molecular flexibility index (Phi) is 4.61. The van der Waals surface area contributed by atoms with Crippen molar-refractivity contribution in [3.05, 3.63) is 47.5 Å². The van der Waals surface area contributed by atoms with Gasteiger partial charge in [0.2, 0.25) is 6.79 Å². The highest BCUT2D eigenvalue weighted by Gasteiger charge is 2.36. The van der Waals surface area contributed by atoms with Gasteiger partial charge < -0.3 is 29.2 Å². The fourth-order valence-corrected chi connectivity index (χ4v) is 3.67. The maximum Gasteiger partial charge on any atom is 0.231 e. The Labute approximate surface area is 151 Å². The number of fused-ring (bicyclic) bond motifs is 1. The number of aliphatic hydroxyl groups excluding tert-OH is 1. The standard InChI is InChI=1S/C20H22O6/c1-23-18-8-13(2-4-16(18)21)7-15-14(10-24-20(15)22)6-12-3-5-17-19(9-12)26-11-25-17/h2-5,8-9,14-15,20-22H,6-7,10-11H2,1H3. The molecule has 2 N–H and O–H groups in total. The van der Waals surface area contributed by atoms with Gasteiger partial charge in [-0.1, -0.05) is 12.1 Å². The van der Waals surface area contributed by atoms with Crippen LogP contribution in [0.15, 0.2) is 36.4 Å². The van der Waals surface area contributed by atoms with Crippen LogP contribution in [0.5, 0.6) is 23.0 Å². The van der Waals surface area contributed by atoms with Crippen molar-refractivity contribution in [3.63, 3.8) is 0 Å². The number of rotatable bonds is 5. The fraction of sp³-hybridized carbons (Fsp3) is 0.400. The number of aromatic hydroxyl groups is 1. The summed E-state index contributed by atoms with van der Waals surface area (Å²) in [6, 6.07) is 11.2. The summed E-state index contributed by atoms with van der Waals surface area (Å²) in [5, 5.41) is 20.0. The average molecular weight is 358 g/mol. The zero-order valence-electron chi connectivity index (χ0n) is 14.6. The lowest BCUT2D eigenvalue weighted by Gasteiger charge is -2.20. The minimum absolute atomic E-state index is 0.0327. The van der Waals surface area contributed by atoms with Crippen molar-refractivity contribution in [2.45, 2.75) is 19.1 Å². The van der Waals surface area contributed by atoms with E-state index in [0.717, 1.165) is 29.0 Å². The second kappa shape index (κ2) is 7.05. The summed E-state index contributed by atoms with van der Waals surface area (Å²) in [6.45, 7) is 0.769. The third-order valence-corrected chi connectivity index (χ3v) is 5.10. The molecule has 2 aliphatic heterocycles. The molecule has 0 saturated carbocycles. The minimum Gasteiger partial charge on any atom is -0.504 e. The van der Waals surface area contributed by atoms with Crippen LogP contribution in [0.3, 0.4) is 0 Å². The third kappa shape index (κ3) is 3.30. The molecule has 3 atom stereocenters. The highest BCUT2D eigenvalue weighted by molar-refractivity contribution is 5.45. The zero-order valence-corrected chi connectivity index (χ0v) is 14.6. The second-order valence-corrected chi connectivity index (χ2v) is 6.75. The molecule has 0 spiro atoms. The summed E-state index contributed by atoms with van der Waals surface area (Å²) in [7, 11) is 1.52. The van der Waals surface area contributed by atoms with Crippen LogP contribution >= 0.6 is 0 Å². The summed E-state index contributed by atoms with van der Waals surface area (Å²) in [4.78, 5) is 0. The lowest BCUT2D eigenvalue weighted by atomic mass is 9.84. The quantitative estimate of drug-likeness (QED) is 0.855. The van der Waals surface area contributed by atoms with E-state index in [4.69, 9.17) is 18.9 Å². The Morgan fingerprint density at radius 1 is 1.04 bits per heavy atom. The molecule has 0 radical (unpaired) electrons. The summed E-state index contributed by atoms with van der Waals surface area (Å²) in [6.07, 6.45) is 0.634. The molecule has 0 aliphatic carbocycles. The van der Waals surface area contributed by atoms with E-state index in [0.29, 0.717) is 18.8 Å². The molecule has 1 saturated heterocycles. The molecule has 1 fully saturated rings. The van der Waals surface area contributed by atoms with Gasteiger partial charge in [0.15, 0.2) is 29.3 Å². The van der Waals surface area contributed by atoms with E-state index in [1.54, 1.807) is 12.1 Å². The predicted octanol–water partition coefficient (Wildman–Crippen LogP) is 2.50. The van der Waals surface area contributed by atoms with Gasteiger partial charge in [0.05, 0.1) is 13.7 Å². The predicted molar refractivity (Wildman–Crippen MR) is 93.6 cm³/mol. The van der Waals surface area contributed by atoms with Crippen LogP contribution < -0.4 is 14.2 Å². The van der Waals surface area contributed by atoms with Crippen LogP contribution in [0, 0.1) is 11.8 Å². The van der Waals surface area contributed by atoms with E-state index in [1.165, 1.54) is 7.11 Å². The molecule has 3 unspecified atom stereocenters. The number of hydrogen-bond acceptors (Lipinski definition) is 6. The molecular weight excluding hydrogens is 336 g/mol. The first-order chi connectivity index (χ1) is 12.6. The first-order valence-electron chi connectivity index (χ1n) is 8.68. The van der Waals surface area contributed by atoms with Gasteiger partial charge >= 0.3 is 0 Å². The molecule has 26 heavy (non-hydrogen) atoms. The van der Waals surface area contributed by atoms with Crippen LogP contribution in [0.2, 0.25) is 0 Å². The van der Waals surface area contributed by atoms with Crippen LogP contribution in [0.4, 0.5) is 0 Å². The van der Waals surface area contributed by atoms with E-state index in [2.05, 4.69) is 0 Å². The summed E-state index contributed by atoms with van der Waals surface area (Å²) in [5.41, 5.74) is 2.12. The van der Waals surface area contributed by atoms with Gasteiger partial charge in [0.1, 0.15) is 0 Å². The number of ether oxygens (including phenoxy) is 4. The Morgan fingerprint density at radius 2 is 1.81 bits per heavy atom. The molecule has 0 bridgehead atoms. The first-order valence-corrected chi connectivity index (χ1v) is 8.68. The van der Waals surface area contributed by atoms with Crippen LogP contribution in [-0.2, 0) is 17.6 Å². The highest BCUT2D eigenvalue weighted by atomic mass is 16.7. The van der Waals surface area contributed by atoms with Crippen molar-refractivity contribution in [1.82, 2.24) is 0 Å². The average Bonchev–Trinajstić information content (AvgIpc) is 3.24. The molecule has 2 aromatic carbocycles. The van der Waals surface area contributed by atoms with Gasteiger partial charge in [-0.3, -0.25) is 0 Å². The SMILES string of the molecule is COc1cc(CC2C(Cc3ccc4c(c3)OCO4)COC2O)ccc1O. The largest absolute Gasteiger partial charge is 0.504 e. The number of methoxy groups -OCH3 is 1. The molecule has 6 nitrogen and oxygen atoms in total. The molecule has 4 rings (SSSR count). The number of phenolic OH excluding ortho intramolecular Hbond substituents is 1. The van der Waals surface area contributed by atoms with Crippen molar-refractivity contribution in [2.24, 2.45) is 11.8 Å². The summed E-state index contributed by atoms with van der Waals surface area (Å²) in [5.74, 6) is 2.23. The Balaban J connectivity index is 1.49. The smallest absolute Gasteiger partial charge is 0.231 e. The number of phenols is 1. The fourth-order valence-electron chi connectivity index (χ4n) is 3.67. The lowest BCUT2D eigenvalue weighted by molar-refractivity contribution is -0.0820. The molecule has 0 aromatic heterocycles. The van der Waals surface area contributed by atoms with Crippen molar-refractivity contribution in [3.8, 4) is 23.0 Å². The zero-order chi connectivity index (χ0) is 18.1. The Hall–Kier alpha value is -2.44. The Bertz CT molecular complexity index is 790. The monoisotopic (exact) mass is 358 g/mol. The summed E-state index contributed by atoms with van der Waals surface area (Å²) >= 11 is 0.